The van der Waals surface area contributed by atoms with Crippen molar-refractivity contribution in [3.05, 3.63) is 23.0 Å². The van der Waals surface area contributed by atoms with Gasteiger partial charge in [-0.25, -0.2) is 4.98 Å². The van der Waals surface area contributed by atoms with Gasteiger partial charge in [-0.1, -0.05) is 25.4 Å². The lowest BCUT2D eigenvalue weighted by molar-refractivity contribution is -0.119. The first kappa shape index (κ1) is 13.9. The second kappa shape index (κ2) is 6.57. The van der Waals surface area contributed by atoms with Gasteiger partial charge in [-0.05, 0) is 25.1 Å². The number of nitrogens with one attached hydrogen (secondary N) is 2. The summed E-state index contributed by atoms with van der Waals surface area (Å²) in [7, 11) is 0. The van der Waals surface area contributed by atoms with Crippen LogP contribution < -0.4 is 10.6 Å². The van der Waals surface area contributed by atoms with Crippen molar-refractivity contribution < 1.29 is 4.79 Å². The first-order valence-electron chi connectivity index (χ1n) is 5.69. The van der Waals surface area contributed by atoms with E-state index in [1.54, 1.807) is 6.20 Å². The number of aryl methyl sites for hydroxylation is 1. The average molecular weight is 256 g/mol. The quantitative estimate of drug-likeness (QED) is 0.794. The van der Waals surface area contributed by atoms with E-state index in [1.807, 2.05) is 26.8 Å². The van der Waals surface area contributed by atoms with E-state index >= 15 is 0 Å². The Morgan fingerprint density at radius 3 is 2.88 bits per heavy atom. The Kier molecular flexibility index (Phi) is 5.38. The van der Waals surface area contributed by atoms with E-state index in [4.69, 9.17) is 11.6 Å². The van der Waals surface area contributed by atoms with Crippen LogP contribution in [0.5, 0.6) is 0 Å². The smallest absolute Gasteiger partial charge is 0.228 e. The zero-order valence-corrected chi connectivity index (χ0v) is 11.1. The molecule has 0 saturated carbocycles. The average Bonchev–Trinajstić information content (AvgIpc) is 2.30. The van der Waals surface area contributed by atoms with Crippen LogP contribution in [0.1, 0.15) is 19.4 Å². The molecule has 1 atom stereocenters. The fraction of sp³-hybridized carbons (Fsp3) is 0.500. The molecule has 4 nitrogen and oxygen atoms in total. The second-order valence-corrected chi connectivity index (χ2v) is 4.35. The second-order valence-electron chi connectivity index (χ2n) is 3.99. The molecule has 0 fully saturated rings. The molecule has 94 valence electrons. The summed E-state index contributed by atoms with van der Waals surface area (Å²) in [4.78, 5) is 15.8. The van der Waals surface area contributed by atoms with Gasteiger partial charge in [0, 0.05) is 18.7 Å². The van der Waals surface area contributed by atoms with Crippen LogP contribution in [0.25, 0.3) is 0 Å². The van der Waals surface area contributed by atoms with Crippen LogP contribution in [0.2, 0.25) is 5.15 Å². The van der Waals surface area contributed by atoms with Crippen LogP contribution in [0.3, 0.4) is 0 Å². The normalized spacial score (nSPS) is 12.2. The molecule has 1 amide bonds. The SMILES string of the molecule is CCNCC(C)C(=O)Nc1c(C)ccnc1Cl. The molecule has 1 rings (SSSR count). The summed E-state index contributed by atoms with van der Waals surface area (Å²) in [5.74, 6) is -0.158. The van der Waals surface area contributed by atoms with E-state index in [0.29, 0.717) is 17.4 Å². The third kappa shape index (κ3) is 3.98. The predicted molar refractivity (Wildman–Crippen MR) is 70.3 cm³/mol. The van der Waals surface area contributed by atoms with Crippen molar-refractivity contribution in [2.75, 3.05) is 18.4 Å². The van der Waals surface area contributed by atoms with E-state index in [-0.39, 0.29) is 11.8 Å². The lowest BCUT2D eigenvalue weighted by Crippen LogP contribution is -2.30. The van der Waals surface area contributed by atoms with E-state index in [2.05, 4.69) is 15.6 Å². The standard InChI is InChI=1S/C12H18ClN3O/c1-4-14-7-9(3)12(17)16-10-8(2)5-6-15-11(10)13/h5-6,9,14H,4,7H2,1-3H3,(H,16,17). The van der Waals surface area contributed by atoms with Gasteiger partial charge in [-0.2, -0.15) is 0 Å². The number of rotatable bonds is 5. The fourth-order valence-electron chi connectivity index (χ4n) is 1.38. The summed E-state index contributed by atoms with van der Waals surface area (Å²) in [6, 6.07) is 1.82. The highest BCUT2D eigenvalue weighted by Crippen LogP contribution is 2.23. The molecule has 0 aromatic carbocycles. The number of hydrogen-bond donors (Lipinski definition) is 2. The van der Waals surface area contributed by atoms with Crippen molar-refractivity contribution >= 4 is 23.2 Å². The van der Waals surface area contributed by atoms with Crippen molar-refractivity contribution in [2.24, 2.45) is 5.92 Å². The van der Waals surface area contributed by atoms with Crippen LogP contribution in [0.4, 0.5) is 5.69 Å². The number of anilines is 1. The number of aromatic nitrogens is 1. The van der Waals surface area contributed by atoms with E-state index in [9.17, 15) is 4.79 Å². The Bertz CT molecular complexity index is 375. The molecule has 0 spiro atoms. The number of amides is 1. The van der Waals surface area contributed by atoms with Crippen molar-refractivity contribution in [3.8, 4) is 0 Å². The summed E-state index contributed by atoms with van der Waals surface area (Å²) in [5.41, 5.74) is 1.51. The number of pyridine rings is 1. The van der Waals surface area contributed by atoms with Crippen molar-refractivity contribution in [1.29, 1.82) is 0 Å². The molecule has 1 heterocycles. The maximum atomic E-state index is 11.9. The zero-order chi connectivity index (χ0) is 12.8. The Morgan fingerprint density at radius 1 is 1.59 bits per heavy atom. The monoisotopic (exact) mass is 255 g/mol. The van der Waals surface area contributed by atoms with Crippen molar-refractivity contribution in [3.63, 3.8) is 0 Å². The van der Waals surface area contributed by atoms with Crippen LogP contribution in [-0.4, -0.2) is 24.0 Å². The number of halogens is 1. The molecular formula is C12H18ClN3O. The first-order valence-corrected chi connectivity index (χ1v) is 6.06. The van der Waals surface area contributed by atoms with Gasteiger partial charge >= 0.3 is 0 Å². The minimum Gasteiger partial charge on any atom is -0.323 e. The van der Waals surface area contributed by atoms with Gasteiger partial charge in [-0.15, -0.1) is 0 Å². The lowest BCUT2D eigenvalue weighted by atomic mass is 10.1. The highest BCUT2D eigenvalue weighted by atomic mass is 35.5. The van der Waals surface area contributed by atoms with E-state index < -0.39 is 0 Å². The Morgan fingerprint density at radius 2 is 2.29 bits per heavy atom. The van der Waals surface area contributed by atoms with Crippen LogP contribution in [-0.2, 0) is 4.79 Å². The van der Waals surface area contributed by atoms with Gasteiger partial charge in [0.2, 0.25) is 5.91 Å². The highest BCUT2D eigenvalue weighted by molar-refractivity contribution is 6.32. The number of hydrogen-bond acceptors (Lipinski definition) is 3. The maximum Gasteiger partial charge on any atom is 0.228 e. The Labute approximate surface area is 107 Å². The fourth-order valence-corrected chi connectivity index (χ4v) is 1.63. The largest absolute Gasteiger partial charge is 0.323 e. The summed E-state index contributed by atoms with van der Waals surface area (Å²) >= 11 is 5.94. The summed E-state index contributed by atoms with van der Waals surface area (Å²) in [5, 5.41) is 6.28. The summed E-state index contributed by atoms with van der Waals surface area (Å²) in [6.07, 6.45) is 1.62. The molecule has 5 heteroatoms. The minimum absolute atomic E-state index is 0.0519. The summed E-state index contributed by atoms with van der Waals surface area (Å²) in [6.45, 7) is 7.27. The Balaban J connectivity index is 2.68. The van der Waals surface area contributed by atoms with Crippen molar-refractivity contribution in [2.45, 2.75) is 20.8 Å². The van der Waals surface area contributed by atoms with Gasteiger partial charge in [-0.3, -0.25) is 4.79 Å². The van der Waals surface area contributed by atoms with Crippen LogP contribution >= 0.6 is 11.6 Å². The van der Waals surface area contributed by atoms with Crippen LogP contribution in [0, 0.1) is 12.8 Å². The van der Waals surface area contributed by atoms with Gasteiger partial charge in [0.15, 0.2) is 5.15 Å². The maximum absolute atomic E-state index is 11.9. The molecule has 0 bridgehead atoms. The topological polar surface area (TPSA) is 54.0 Å². The van der Waals surface area contributed by atoms with Gasteiger partial charge in [0.05, 0.1) is 5.69 Å². The third-order valence-electron chi connectivity index (χ3n) is 2.51. The predicted octanol–water partition coefficient (Wildman–Crippen LogP) is 2.23. The Hall–Kier alpha value is -1.13. The molecule has 1 aromatic rings. The molecule has 0 radical (unpaired) electrons. The van der Waals surface area contributed by atoms with Crippen molar-refractivity contribution in [1.82, 2.24) is 10.3 Å². The molecule has 1 aromatic heterocycles. The molecule has 2 N–H and O–H groups in total. The van der Waals surface area contributed by atoms with Gasteiger partial charge in [0.1, 0.15) is 0 Å². The minimum atomic E-state index is -0.106. The molecule has 0 saturated heterocycles. The molecule has 1 unspecified atom stereocenters. The third-order valence-corrected chi connectivity index (χ3v) is 2.80. The first-order chi connectivity index (χ1) is 8.06. The zero-order valence-electron chi connectivity index (χ0n) is 10.4. The number of carbonyl (C=O) groups is 1. The summed E-state index contributed by atoms with van der Waals surface area (Å²) < 4.78 is 0. The van der Waals surface area contributed by atoms with E-state index in [1.165, 1.54) is 0 Å². The number of carbonyl (C=O) groups excluding carboxylic acids is 1. The van der Waals surface area contributed by atoms with Gasteiger partial charge < -0.3 is 10.6 Å². The highest BCUT2D eigenvalue weighted by Gasteiger charge is 2.15. The molecule has 0 aliphatic rings. The van der Waals surface area contributed by atoms with E-state index in [0.717, 1.165) is 12.1 Å². The molecular weight excluding hydrogens is 238 g/mol. The van der Waals surface area contributed by atoms with Crippen LogP contribution in [0.15, 0.2) is 12.3 Å². The van der Waals surface area contributed by atoms with Gasteiger partial charge in [0.25, 0.3) is 0 Å². The lowest BCUT2D eigenvalue weighted by Gasteiger charge is -2.14. The molecule has 0 aliphatic carbocycles. The number of nitrogens with zero attached hydrogens (tertiary/aromatic N) is 1. The molecule has 0 aliphatic heterocycles. The molecule has 17 heavy (non-hydrogen) atoms.